The van der Waals surface area contributed by atoms with Gasteiger partial charge in [-0.15, -0.1) is 0 Å². The molecule has 2 aromatic rings. The predicted octanol–water partition coefficient (Wildman–Crippen LogP) is 3.08. The summed E-state index contributed by atoms with van der Waals surface area (Å²) in [4.78, 5) is 3.88. The molecule has 1 unspecified atom stereocenters. The Morgan fingerprint density at radius 2 is 2.22 bits per heavy atom. The van der Waals surface area contributed by atoms with Crippen molar-refractivity contribution in [3.8, 4) is 0 Å². The highest BCUT2D eigenvalue weighted by Crippen LogP contribution is 2.28. The Labute approximate surface area is 115 Å². The number of rotatable bonds is 4. The molecule has 0 aliphatic heterocycles. The van der Waals surface area contributed by atoms with Gasteiger partial charge in [0.15, 0.2) is 0 Å². The zero-order valence-electron chi connectivity index (χ0n) is 9.85. The molecule has 1 atom stereocenters. The summed E-state index contributed by atoms with van der Waals surface area (Å²) in [6.07, 6.45) is 3.15. The zero-order valence-corrected chi connectivity index (χ0v) is 11.4. The molecule has 18 heavy (non-hydrogen) atoms. The molecule has 0 fully saturated rings. The van der Waals surface area contributed by atoms with Gasteiger partial charge in [-0.05, 0) is 24.1 Å². The van der Waals surface area contributed by atoms with Crippen LogP contribution in [0.5, 0.6) is 0 Å². The quantitative estimate of drug-likeness (QED) is 0.879. The van der Waals surface area contributed by atoms with Crippen LogP contribution in [0, 0.1) is 0 Å². The van der Waals surface area contributed by atoms with Crippen LogP contribution in [0.2, 0.25) is 10.2 Å². The van der Waals surface area contributed by atoms with Crippen molar-refractivity contribution < 1.29 is 5.11 Å². The summed E-state index contributed by atoms with van der Waals surface area (Å²) in [5.74, 6) is 0. The van der Waals surface area contributed by atoms with Gasteiger partial charge in [0.1, 0.15) is 11.3 Å². The second-order valence-electron chi connectivity index (χ2n) is 3.92. The van der Waals surface area contributed by atoms with E-state index in [9.17, 15) is 5.11 Å². The van der Waals surface area contributed by atoms with E-state index in [1.807, 2.05) is 6.92 Å². The van der Waals surface area contributed by atoms with Crippen molar-refractivity contribution in [1.29, 1.82) is 0 Å². The number of aliphatic hydroxyl groups excluding tert-OH is 1. The highest BCUT2D eigenvalue weighted by atomic mass is 35.5. The molecule has 0 saturated carbocycles. The van der Waals surface area contributed by atoms with E-state index in [0.717, 1.165) is 6.42 Å². The Morgan fingerprint density at radius 3 is 2.89 bits per heavy atom. The Kier molecular flexibility index (Phi) is 4.22. The lowest BCUT2D eigenvalue weighted by molar-refractivity contribution is 0.207. The van der Waals surface area contributed by atoms with E-state index in [-0.39, 0.29) is 0 Å². The lowest BCUT2D eigenvalue weighted by Gasteiger charge is -2.14. The van der Waals surface area contributed by atoms with Crippen LogP contribution in [0.1, 0.15) is 30.7 Å². The van der Waals surface area contributed by atoms with E-state index in [1.54, 1.807) is 29.2 Å². The van der Waals surface area contributed by atoms with Crippen LogP contribution in [0.3, 0.4) is 0 Å². The van der Waals surface area contributed by atoms with E-state index in [2.05, 4.69) is 10.1 Å². The van der Waals surface area contributed by atoms with Crippen LogP contribution in [0.4, 0.5) is 0 Å². The fourth-order valence-electron chi connectivity index (χ4n) is 1.78. The number of aliphatic hydroxyl groups is 1. The molecule has 0 radical (unpaired) electrons. The van der Waals surface area contributed by atoms with Gasteiger partial charge in [-0.2, -0.15) is 5.10 Å². The average molecular weight is 286 g/mol. The summed E-state index contributed by atoms with van der Waals surface area (Å²) in [6.45, 7) is 2.74. The normalized spacial score (nSPS) is 12.7. The van der Waals surface area contributed by atoms with E-state index in [4.69, 9.17) is 23.2 Å². The Hall–Kier alpha value is -1.10. The van der Waals surface area contributed by atoms with Gasteiger partial charge < -0.3 is 5.11 Å². The topological polar surface area (TPSA) is 50.9 Å². The third-order valence-corrected chi connectivity index (χ3v) is 3.09. The summed E-state index contributed by atoms with van der Waals surface area (Å²) < 4.78 is 1.71. The highest BCUT2D eigenvalue weighted by Gasteiger charge is 2.19. The molecule has 2 aromatic heterocycles. The first kappa shape index (κ1) is 13.3. The monoisotopic (exact) mass is 285 g/mol. The van der Waals surface area contributed by atoms with Crippen molar-refractivity contribution in [2.75, 3.05) is 0 Å². The highest BCUT2D eigenvalue weighted by molar-refractivity contribution is 6.31. The van der Waals surface area contributed by atoms with Gasteiger partial charge in [0.25, 0.3) is 0 Å². The van der Waals surface area contributed by atoms with E-state index >= 15 is 0 Å². The Balaban J connectivity index is 2.39. The molecule has 0 aliphatic rings. The summed E-state index contributed by atoms with van der Waals surface area (Å²) in [5, 5.41) is 15.3. The minimum atomic E-state index is -0.855. The second kappa shape index (κ2) is 5.69. The molecule has 96 valence electrons. The fourth-order valence-corrected chi connectivity index (χ4v) is 2.21. The first-order valence-electron chi connectivity index (χ1n) is 5.64. The second-order valence-corrected chi connectivity index (χ2v) is 4.71. The lowest BCUT2D eigenvalue weighted by Crippen LogP contribution is -2.10. The molecule has 2 rings (SSSR count). The van der Waals surface area contributed by atoms with Crippen molar-refractivity contribution in [3.63, 3.8) is 0 Å². The molecule has 0 amide bonds. The average Bonchev–Trinajstić information content (AvgIpc) is 2.70. The predicted molar refractivity (Wildman–Crippen MR) is 70.8 cm³/mol. The first-order valence-corrected chi connectivity index (χ1v) is 6.39. The van der Waals surface area contributed by atoms with Gasteiger partial charge in [-0.3, -0.25) is 4.68 Å². The van der Waals surface area contributed by atoms with Crippen molar-refractivity contribution in [2.24, 2.45) is 0 Å². The number of hydrogen-bond donors (Lipinski definition) is 1. The first-order chi connectivity index (χ1) is 8.63. The minimum absolute atomic E-state index is 0.337. The van der Waals surface area contributed by atoms with Crippen LogP contribution in [-0.2, 0) is 6.54 Å². The Bertz CT molecular complexity index is 542. The van der Waals surface area contributed by atoms with Crippen LogP contribution >= 0.6 is 23.2 Å². The number of hydrogen-bond acceptors (Lipinski definition) is 3. The van der Waals surface area contributed by atoms with Crippen LogP contribution in [0.15, 0.2) is 24.5 Å². The number of nitrogens with zero attached hydrogens (tertiary/aromatic N) is 3. The molecule has 6 heteroatoms. The maximum absolute atomic E-state index is 10.4. The number of aryl methyl sites for hydroxylation is 1. The molecular weight excluding hydrogens is 273 g/mol. The zero-order chi connectivity index (χ0) is 13.1. The van der Waals surface area contributed by atoms with Gasteiger partial charge in [0, 0.05) is 12.7 Å². The van der Waals surface area contributed by atoms with Gasteiger partial charge in [0.05, 0.1) is 16.9 Å². The van der Waals surface area contributed by atoms with Crippen LogP contribution < -0.4 is 0 Å². The molecule has 4 nitrogen and oxygen atoms in total. The largest absolute Gasteiger partial charge is 0.382 e. The molecular formula is C12H13Cl2N3O. The molecule has 0 aromatic carbocycles. The van der Waals surface area contributed by atoms with Crippen LogP contribution in [0.25, 0.3) is 0 Å². The summed E-state index contributed by atoms with van der Waals surface area (Å²) in [5.41, 5.74) is 1.23. The van der Waals surface area contributed by atoms with E-state index in [0.29, 0.717) is 28.0 Å². The van der Waals surface area contributed by atoms with Gasteiger partial charge in [-0.1, -0.05) is 30.1 Å². The van der Waals surface area contributed by atoms with Gasteiger partial charge in [-0.25, -0.2) is 4.98 Å². The third-order valence-electron chi connectivity index (χ3n) is 2.59. The van der Waals surface area contributed by atoms with Crippen molar-refractivity contribution >= 4 is 23.2 Å². The van der Waals surface area contributed by atoms with E-state index < -0.39 is 6.10 Å². The van der Waals surface area contributed by atoms with Crippen molar-refractivity contribution in [1.82, 2.24) is 14.8 Å². The molecule has 1 N–H and O–H groups in total. The van der Waals surface area contributed by atoms with E-state index in [1.165, 1.54) is 0 Å². The van der Waals surface area contributed by atoms with Gasteiger partial charge >= 0.3 is 0 Å². The van der Waals surface area contributed by atoms with Crippen LogP contribution in [-0.4, -0.2) is 19.9 Å². The third kappa shape index (κ3) is 2.66. The standard InChI is InChI=1S/C12H13Cl2N3O/c1-2-5-17-11(9(13)7-16-17)12(18)8-3-4-15-10(14)6-8/h3-4,6-7,12,18H,2,5H2,1H3. The summed E-state index contributed by atoms with van der Waals surface area (Å²) >= 11 is 11.9. The maximum atomic E-state index is 10.4. The van der Waals surface area contributed by atoms with Crippen molar-refractivity contribution in [3.05, 3.63) is 46.0 Å². The maximum Gasteiger partial charge on any atom is 0.129 e. The SMILES string of the molecule is CCCn1ncc(Cl)c1C(O)c1ccnc(Cl)c1. The van der Waals surface area contributed by atoms with Crippen molar-refractivity contribution in [2.45, 2.75) is 26.0 Å². The number of aromatic nitrogens is 3. The smallest absolute Gasteiger partial charge is 0.129 e. The lowest BCUT2D eigenvalue weighted by atomic mass is 10.1. The molecule has 2 heterocycles. The molecule has 0 bridgehead atoms. The molecule has 0 spiro atoms. The fraction of sp³-hybridized carbons (Fsp3) is 0.333. The number of halogens is 2. The summed E-state index contributed by atoms with van der Waals surface area (Å²) in [7, 11) is 0. The molecule has 0 saturated heterocycles. The molecule has 0 aliphatic carbocycles. The van der Waals surface area contributed by atoms with Gasteiger partial charge in [0.2, 0.25) is 0 Å². The minimum Gasteiger partial charge on any atom is -0.382 e. The number of pyridine rings is 1. The summed E-state index contributed by atoms with van der Waals surface area (Å²) in [6, 6.07) is 3.32. The Morgan fingerprint density at radius 1 is 1.44 bits per heavy atom.